The van der Waals surface area contributed by atoms with Crippen LogP contribution in [0.5, 0.6) is 0 Å². The summed E-state index contributed by atoms with van der Waals surface area (Å²) in [4.78, 5) is 30.9. The molecule has 2 amide bonds. The number of H-pyrrole nitrogens is 1. The van der Waals surface area contributed by atoms with Gasteiger partial charge in [-0.2, -0.15) is 0 Å². The third-order valence-electron chi connectivity index (χ3n) is 4.81. The highest BCUT2D eigenvalue weighted by Crippen LogP contribution is 2.18. The summed E-state index contributed by atoms with van der Waals surface area (Å²) in [5.41, 5.74) is 2.67. The van der Waals surface area contributed by atoms with Crippen LogP contribution >= 0.6 is 23.6 Å². The van der Waals surface area contributed by atoms with Crippen LogP contribution < -0.4 is 5.32 Å². The smallest absolute Gasteiger partial charge is 0.251 e. The first-order valence-corrected chi connectivity index (χ1v) is 9.99. The molecule has 1 aromatic carbocycles. The number of nitrogens with zero attached hydrogens (tertiary/aromatic N) is 1. The lowest BCUT2D eigenvalue weighted by atomic mass is 10.0. The van der Waals surface area contributed by atoms with Crippen molar-refractivity contribution in [1.82, 2.24) is 15.2 Å². The lowest BCUT2D eigenvalue weighted by molar-refractivity contribution is -0.131. The molecule has 2 aromatic rings. The summed E-state index contributed by atoms with van der Waals surface area (Å²) in [5, 5.41) is 3.10. The first-order valence-electron chi connectivity index (χ1n) is 8.77. The Morgan fingerprint density at radius 3 is 2.58 bits per heavy atom. The number of carbonyl (C=O) groups is 2. The van der Waals surface area contributed by atoms with Crippen LogP contribution in [0.3, 0.4) is 0 Å². The number of rotatable bonds is 4. The molecule has 0 atom stereocenters. The molecule has 1 aliphatic rings. The van der Waals surface area contributed by atoms with Gasteiger partial charge < -0.3 is 15.2 Å². The largest absolute Gasteiger partial charge is 0.349 e. The molecule has 0 unspecified atom stereocenters. The molecular formula is C19H23N3O2S2. The molecule has 5 nitrogen and oxygen atoms in total. The minimum Gasteiger partial charge on any atom is -0.349 e. The maximum Gasteiger partial charge on any atom is 0.251 e. The van der Waals surface area contributed by atoms with Crippen LogP contribution in [-0.4, -0.2) is 40.8 Å². The van der Waals surface area contributed by atoms with Gasteiger partial charge in [-0.1, -0.05) is 18.2 Å². The minimum atomic E-state index is -0.0319. The summed E-state index contributed by atoms with van der Waals surface area (Å²) in [6, 6.07) is 7.70. The highest BCUT2D eigenvalue weighted by molar-refractivity contribution is 7.73. The van der Waals surface area contributed by atoms with Gasteiger partial charge in [0, 0.05) is 35.3 Å². The lowest BCUT2D eigenvalue weighted by Gasteiger charge is -2.32. The van der Waals surface area contributed by atoms with Crippen molar-refractivity contribution in [2.24, 2.45) is 0 Å². The molecule has 0 saturated carbocycles. The second-order valence-corrected chi connectivity index (χ2v) is 8.45. The van der Waals surface area contributed by atoms with E-state index in [1.165, 1.54) is 11.3 Å². The summed E-state index contributed by atoms with van der Waals surface area (Å²) in [5.74, 6) is 0.0950. The summed E-state index contributed by atoms with van der Waals surface area (Å²) in [6.07, 6.45) is 1.96. The van der Waals surface area contributed by atoms with Crippen molar-refractivity contribution in [3.8, 4) is 0 Å². The molecule has 2 heterocycles. The van der Waals surface area contributed by atoms with Gasteiger partial charge in [0.2, 0.25) is 5.91 Å². The fraction of sp³-hybridized carbons (Fsp3) is 0.421. The standard InChI is InChI=1S/C19H23N3O2S2/c1-12-5-3-4-6-15(12)18(24)21-14-7-9-22(10-8-14)17(23)11-16-13(2)20-19(25)26-16/h3-6,14H,7-11H2,1-2H3,(H,20,25)(H,21,24). The molecule has 2 N–H and O–H groups in total. The Labute approximate surface area is 162 Å². The van der Waals surface area contributed by atoms with Crippen molar-refractivity contribution in [3.63, 3.8) is 0 Å². The zero-order valence-electron chi connectivity index (χ0n) is 15.0. The van der Waals surface area contributed by atoms with Gasteiger partial charge >= 0.3 is 0 Å². The van der Waals surface area contributed by atoms with Crippen molar-refractivity contribution in [2.45, 2.75) is 39.2 Å². The van der Waals surface area contributed by atoms with E-state index in [4.69, 9.17) is 12.2 Å². The van der Waals surface area contributed by atoms with Gasteiger partial charge in [0.25, 0.3) is 5.91 Å². The van der Waals surface area contributed by atoms with Crippen molar-refractivity contribution < 1.29 is 9.59 Å². The lowest BCUT2D eigenvalue weighted by Crippen LogP contribution is -2.47. The molecule has 1 saturated heterocycles. The van der Waals surface area contributed by atoms with Crippen molar-refractivity contribution in [2.75, 3.05) is 13.1 Å². The summed E-state index contributed by atoms with van der Waals surface area (Å²) >= 11 is 6.60. The Bertz CT molecular complexity index is 864. The normalized spacial score (nSPS) is 15.1. The highest BCUT2D eigenvalue weighted by Gasteiger charge is 2.25. The van der Waals surface area contributed by atoms with Crippen LogP contribution in [0.15, 0.2) is 24.3 Å². The number of thiazole rings is 1. The number of hydrogen-bond acceptors (Lipinski definition) is 4. The van der Waals surface area contributed by atoms with E-state index in [0.717, 1.165) is 34.5 Å². The minimum absolute atomic E-state index is 0.0319. The molecule has 7 heteroatoms. The number of nitrogens with one attached hydrogen (secondary N) is 2. The number of likely N-dealkylation sites (tertiary alicyclic amines) is 1. The van der Waals surface area contributed by atoms with E-state index in [1.54, 1.807) is 0 Å². The van der Waals surface area contributed by atoms with E-state index in [1.807, 2.05) is 43.0 Å². The van der Waals surface area contributed by atoms with Crippen LogP contribution in [0.4, 0.5) is 0 Å². The number of aromatic nitrogens is 1. The van der Waals surface area contributed by atoms with E-state index in [0.29, 0.717) is 23.5 Å². The monoisotopic (exact) mass is 389 g/mol. The molecule has 3 rings (SSSR count). The molecular weight excluding hydrogens is 366 g/mol. The maximum absolute atomic E-state index is 12.5. The number of benzene rings is 1. The molecule has 0 radical (unpaired) electrons. The average Bonchev–Trinajstić information content (AvgIpc) is 2.93. The fourth-order valence-electron chi connectivity index (χ4n) is 3.22. The molecule has 0 aliphatic carbocycles. The van der Waals surface area contributed by atoms with Crippen LogP contribution in [0.2, 0.25) is 0 Å². The quantitative estimate of drug-likeness (QED) is 0.788. The zero-order valence-corrected chi connectivity index (χ0v) is 16.6. The van der Waals surface area contributed by atoms with E-state index in [9.17, 15) is 9.59 Å². The second-order valence-electron chi connectivity index (χ2n) is 6.68. The van der Waals surface area contributed by atoms with Gasteiger partial charge in [-0.05, 0) is 50.5 Å². The first kappa shape index (κ1) is 18.8. The van der Waals surface area contributed by atoms with Crippen molar-refractivity contribution in [3.05, 3.63) is 49.9 Å². The van der Waals surface area contributed by atoms with Crippen LogP contribution in [-0.2, 0) is 11.2 Å². The number of hydrogen-bond donors (Lipinski definition) is 2. The van der Waals surface area contributed by atoms with Crippen molar-refractivity contribution >= 4 is 35.4 Å². The summed E-state index contributed by atoms with van der Waals surface area (Å²) in [7, 11) is 0. The Morgan fingerprint density at radius 2 is 1.96 bits per heavy atom. The van der Waals surface area contributed by atoms with E-state index >= 15 is 0 Å². The second kappa shape index (κ2) is 8.14. The molecule has 26 heavy (non-hydrogen) atoms. The molecule has 1 aromatic heterocycles. The summed E-state index contributed by atoms with van der Waals surface area (Å²) < 4.78 is 0.711. The predicted molar refractivity (Wildman–Crippen MR) is 106 cm³/mol. The Kier molecular flexibility index (Phi) is 5.88. The molecule has 1 fully saturated rings. The first-order chi connectivity index (χ1) is 12.4. The third kappa shape index (κ3) is 4.40. The van der Waals surface area contributed by atoms with E-state index in [-0.39, 0.29) is 17.9 Å². The number of aromatic amines is 1. The van der Waals surface area contributed by atoms with E-state index in [2.05, 4.69) is 10.3 Å². The van der Waals surface area contributed by atoms with Gasteiger partial charge in [-0.15, -0.1) is 11.3 Å². The number of aryl methyl sites for hydroxylation is 2. The van der Waals surface area contributed by atoms with Gasteiger partial charge in [0.1, 0.15) is 0 Å². The van der Waals surface area contributed by atoms with Gasteiger partial charge in [0.15, 0.2) is 3.95 Å². The van der Waals surface area contributed by atoms with Crippen LogP contribution in [0.1, 0.15) is 39.3 Å². The Hall–Kier alpha value is -1.99. The fourth-order valence-corrected chi connectivity index (χ4v) is 4.50. The SMILES string of the molecule is Cc1ccccc1C(=O)NC1CCN(C(=O)Cc2sc(=S)[nH]c2C)CC1. The number of carbonyl (C=O) groups excluding carboxylic acids is 2. The van der Waals surface area contributed by atoms with Gasteiger partial charge in [-0.3, -0.25) is 9.59 Å². The van der Waals surface area contributed by atoms with Crippen LogP contribution in [0, 0.1) is 17.8 Å². The average molecular weight is 390 g/mol. The topological polar surface area (TPSA) is 65.2 Å². The molecule has 0 bridgehead atoms. The predicted octanol–water partition coefficient (Wildman–Crippen LogP) is 3.39. The number of piperidine rings is 1. The van der Waals surface area contributed by atoms with Gasteiger partial charge in [-0.25, -0.2) is 0 Å². The Morgan fingerprint density at radius 1 is 1.27 bits per heavy atom. The van der Waals surface area contributed by atoms with Gasteiger partial charge in [0.05, 0.1) is 6.42 Å². The number of amides is 2. The van der Waals surface area contributed by atoms with Crippen LogP contribution in [0.25, 0.3) is 0 Å². The molecule has 138 valence electrons. The summed E-state index contributed by atoms with van der Waals surface area (Å²) in [6.45, 7) is 5.23. The molecule has 0 spiro atoms. The van der Waals surface area contributed by atoms with E-state index < -0.39 is 0 Å². The molecule has 1 aliphatic heterocycles. The maximum atomic E-state index is 12.5. The zero-order chi connectivity index (χ0) is 18.7. The Balaban J connectivity index is 1.52. The van der Waals surface area contributed by atoms with Crippen molar-refractivity contribution in [1.29, 1.82) is 0 Å². The third-order valence-corrected chi connectivity index (χ3v) is 6.14. The highest BCUT2D eigenvalue weighted by atomic mass is 32.1.